The Morgan fingerprint density at radius 1 is 1.61 bits per heavy atom. The van der Waals surface area contributed by atoms with Crippen LogP contribution in [0.15, 0.2) is 27.5 Å². The summed E-state index contributed by atoms with van der Waals surface area (Å²) in [5.74, 6) is -0.0812. The number of thioether (sulfide) groups is 1. The van der Waals surface area contributed by atoms with Crippen LogP contribution in [0.3, 0.4) is 0 Å². The van der Waals surface area contributed by atoms with E-state index in [2.05, 4.69) is 15.5 Å². The number of aromatic amines is 1. The Labute approximate surface area is 142 Å². The number of rotatable bonds is 9. The second kappa shape index (κ2) is 8.90. The van der Waals surface area contributed by atoms with Gasteiger partial charge in [-0.3, -0.25) is 9.36 Å². The summed E-state index contributed by atoms with van der Waals surface area (Å²) in [7, 11) is 1.62. The van der Waals surface area contributed by atoms with Crippen LogP contribution in [0.4, 0.5) is 0 Å². The zero-order chi connectivity index (χ0) is 16.7. The number of nitrogens with one attached hydrogen (secondary N) is 2. The van der Waals surface area contributed by atoms with Gasteiger partial charge < -0.3 is 10.1 Å². The molecular formula is C14H20N4O3S2. The second-order valence-corrected chi connectivity index (χ2v) is 7.21. The Balaban J connectivity index is 1.90. The maximum Gasteiger partial charge on any atom is 0.343 e. The van der Waals surface area contributed by atoms with Crippen molar-refractivity contribution in [3.8, 4) is 0 Å². The Hall–Kier alpha value is -1.58. The first-order valence-corrected chi connectivity index (χ1v) is 8.98. The van der Waals surface area contributed by atoms with Crippen LogP contribution < -0.4 is 11.0 Å². The Kier molecular flexibility index (Phi) is 6.87. The highest BCUT2D eigenvalue weighted by atomic mass is 32.2. The van der Waals surface area contributed by atoms with Crippen LogP contribution in [-0.4, -0.2) is 39.6 Å². The molecule has 0 aromatic carbocycles. The molecule has 0 saturated carbocycles. The summed E-state index contributed by atoms with van der Waals surface area (Å²) in [5, 5.41) is 11.5. The molecule has 1 amide bonds. The van der Waals surface area contributed by atoms with Gasteiger partial charge in [0.25, 0.3) is 0 Å². The van der Waals surface area contributed by atoms with Gasteiger partial charge in [0.15, 0.2) is 5.16 Å². The predicted octanol–water partition coefficient (Wildman–Crippen LogP) is 1.47. The van der Waals surface area contributed by atoms with Crippen LogP contribution in [0.1, 0.15) is 18.2 Å². The van der Waals surface area contributed by atoms with Crippen molar-refractivity contribution < 1.29 is 9.53 Å². The summed E-state index contributed by atoms with van der Waals surface area (Å²) in [5.41, 5.74) is -0.269. The number of H-pyrrole nitrogens is 1. The Bertz CT molecular complexity index is 666. The normalized spacial score (nSPS) is 12.3. The molecule has 1 unspecified atom stereocenters. The van der Waals surface area contributed by atoms with Gasteiger partial charge in [-0.2, -0.15) is 0 Å². The summed E-state index contributed by atoms with van der Waals surface area (Å²) >= 11 is 2.87. The molecule has 0 aliphatic carbocycles. The minimum absolute atomic E-state index is 0.0812. The van der Waals surface area contributed by atoms with Crippen molar-refractivity contribution in [3.63, 3.8) is 0 Å². The van der Waals surface area contributed by atoms with Gasteiger partial charge in [0.05, 0.1) is 11.8 Å². The van der Waals surface area contributed by atoms with Crippen LogP contribution in [0, 0.1) is 0 Å². The fourth-order valence-corrected chi connectivity index (χ4v) is 3.45. The third-order valence-electron chi connectivity index (χ3n) is 3.12. The zero-order valence-electron chi connectivity index (χ0n) is 13.1. The van der Waals surface area contributed by atoms with Gasteiger partial charge in [0, 0.05) is 25.1 Å². The number of thiophene rings is 1. The largest absolute Gasteiger partial charge is 0.385 e. The molecule has 126 valence electrons. The third-order valence-corrected chi connectivity index (χ3v) is 5.09. The Morgan fingerprint density at radius 2 is 2.43 bits per heavy atom. The summed E-state index contributed by atoms with van der Waals surface area (Å²) in [6.07, 6.45) is 0.711. The lowest BCUT2D eigenvalue weighted by atomic mass is 10.4. The van der Waals surface area contributed by atoms with Gasteiger partial charge >= 0.3 is 5.69 Å². The van der Waals surface area contributed by atoms with Crippen molar-refractivity contribution in [3.05, 3.63) is 32.9 Å². The van der Waals surface area contributed by atoms with Gasteiger partial charge in [0.1, 0.15) is 0 Å². The van der Waals surface area contributed by atoms with E-state index in [0.29, 0.717) is 31.3 Å². The number of hydrogen-bond donors (Lipinski definition) is 2. The number of carbonyl (C=O) groups is 1. The average Bonchev–Trinajstić information content (AvgIpc) is 3.17. The van der Waals surface area contributed by atoms with Crippen LogP contribution in [0.25, 0.3) is 0 Å². The van der Waals surface area contributed by atoms with Crippen molar-refractivity contribution in [1.29, 1.82) is 0 Å². The molecule has 23 heavy (non-hydrogen) atoms. The maximum absolute atomic E-state index is 12.1. The molecule has 0 fully saturated rings. The number of amides is 1. The molecule has 2 heterocycles. The number of nitrogens with zero attached hydrogens (tertiary/aromatic N) is 2. The molecule has 1 atom stereocenters. The van der Waals surface area contributed by atoms with E-state index < -0.39 is 0 Å². The fraction of sp³-hybridized carbons (Fsp3) is 0.500. The van der Waals surface area contributed by atoms with E-state index in [-0.39, 0.29) is 16.8 Å². The van der Waals surface area contributed by atoms with Crippen molar-refractivity contribution in [2.75, 3.05) is 13.7 Å². The van der Waals surface area contributed by atoms with Crippen LogP contribution in [0.5, 0.6) is 0 Å². The first-order chi connectivity index (χ1) is 11.1. The molecule has 7 nitrogen and oxygen atoms in total. The van der Waals surface area contributed by atoms with Gasteiger partial charge in [-0.1, -0.05) is 17.8 Å². The molecule has 0 saturated heterocycles. The molecule has 2 aromatic heterocycles. The first kappa shape index (κ1) is 17.8. The number of methoxy groups -OCH3 is 1. The molecule has 2 N–H and O–H groups in total. The van der Waals surface area contributed by atoms with Crippen LogP contribution in [0.2, 0.25) is 0 Å². The zero-order valence-corrected chi connectivity index (χ0v) is 14.7. The Morgan fingerprint density at radius 3 is 3.13 bits per heavy atom. The highest BCUT2D eigenvalue weighted by Gasteiger charge is 2.18. The lowest BCUT2D eigenvalue weighted by molar-refractivity contribution is -0.120. The number of carbonyl (C=O) groups excluding carboxylic acids is 1. The smallest absolute Gasteiger partial charge is 0.343 e. The molecule has 0 radical (unpaired) electrons. The van der Waals surface area contributed by atoms with E-state index in [1.165, 1.54) is 16.3 Å². The quantitative estimate of drug-likeness (QED) is 0.525. The molecule has 2 aromatic rings. The third kappa shape index (κ3) is 5.22. The van der Waals surface area contributed by atoms with Crippen molar-refractivity contribution >= 4 is 29.0 Å². The van der Waals surface area contributed by atoms with E-state index in [1.807, 2.05) is 17.5 Å². The SMILES string of the molecule is COCCCn1c(SC(C)C(=O)NCc2cccs2)n[nH]c1=O. The topological polar surface area (TPSA) is 89.0 Å². The standard InChI is InChI=1S/C14H20N4O3S2/c1-10(12(19)15-9-11-5-3-8-22-11)23-14-17-16-13(20)18(14)6-4-7-21-2/h3,5,8,10H,4,6-7,9H2,1-2H3,(H,15,19)(H,16,20). The van der Waals surface area contributed by atoms with E-state index in [4.69, 9.17) is 4.74 Å². The second-order valence-electron chi connectivity index (χ2n) is 4.87. The highest BCUT2D eigenvalue weighted by Crippen LogP contribution is 2.20. The lowest BCUT2D eigenvalue weighted by Gasteiger charge is -2.11. The lowest BCUT2D eigenvalue weighted by Crippen LogP contribution is -2.30. The summed E-state index contributed by atoms with van der Waals surface area (Å²) < 4.78 is 6.53. The number of ether oxygens (including phenoxy) is 1. The van der Waals surface area contributed by atoms with E-state index >= 15 is 0 Å². The van der Waals surface area contributed by atoms with Gasteiger partial charge in [-0.15, -0.1) is 16.4 Å². The fourth-order valence-electron chi connectivity index (χ4n) is 1.90. The van der Waals surface area contributed by atoms with E-state index in [9.17, 15) is 9.59 Å². The van der Waals surface area contributed by atoms with Gasteiger partial charge in [0.2, 0.25) is 5.91 Å². The molecular weight excluding hydrogens is 336 g/mol. The maximum atomic E-state index is 12.1. The molecule has 9 heteroatoms. The van der Waals surface area contributed by atoms with E-state index in [0.717, 1.165) is 4.88 Å². The van der Waals surface area contributed by atoms with Crippen molar-refractivity contribution in [1.82, 2.24) is 20.1 Å². The number of hydrogen-bond acceptors (Lipinski definition) is 6. The molecule has 0 spiro atoms. The average molecular weight is 356 g/mol. The first-order valence-electron chi connectivity index (χ1n) is 7.22. The minimum atomic E-state index is -0.341. The van der Waals surface area contributed by atoms with Crippen molar-refractivity contribution in [2.24, 2.45) is 0 Å². The summed E-state index contributed by atoms with van der Waals surface area (Å²) in [6, 6.07) is 3.93. The molecule has 2 rings (SSSR count). The summed E-state index contributed by atoms with van der Waals surface area (Å²) in [4.78, 5) is 25.0. The monoisotopic (exact) mass is 356 g/mol. The van der Waals surface area contributed by atoms with Gasteiger partial charge in [-0.25, -0.2) is 9.89 Å². The molecule has 0 bridgehead atoms. The molecule has 0 aliphatic rings. The summed E-state index contributed by atoms with van der Waals surface area (Å²) in [6.45, 7) is 3.39. The highest BCUT2D eigenvalue weighted by molar-refractivity contribution is 8.00. The van der Waals surface area contributed by atoms with E-state index in [1.54, 1.807) is 25.4 Å². The van der Waals surface area contributed by atoms with Crippen LogP contribution in [-0.2, 0) is 22.6 Å². The molecule has 0 aliphatic heterocycles. The van der Waals surface area contributed by atoms with Crippen molar-refractivity contribution in [2.45, 2.75) is 36.8 Å². The van der Waals surface area contributed by atoms with Gasteiger partial charge in [-0.05, 0) is 24.8 Å². The number of aromatic nitrogens is 3. The van der Waals surface area contributed by atoms with Crippen LogP contribution >= 0.6 is 23.1 Å². The minimum Gasteiger partial charge on any atom is -0.385 e. The predicted molar refractivity (Wildman–Crippen MR) is 90.8 cm³/mol.